The molecule has 0 radical (unpaired) electrons. The standard InChI is InChI=1S/C24H30N2O4S/c1-17(20-6-5-19-11-14-30-23(19)16-20)26-12-9-21(10-13-26)25-24(27)15-18-3-7-22(8-4-18)31(2,28)29/h3-8,16-17,21H,9-15H2,1-2H3,(H,25,27). The zero-order valence-electron chi connectivity index (χ0n) is 18.1. The summed E-state index contributed by atoms with van der Waals surface area (Å²) in [5.74, 6) is 1.01. The third-order valence-electron chi connectivity index (χ3n) is 6.36. The van der Waals surface area contributed by atoms with Crippen LogP contribution < -0.4 is 10.1 Å². The van der Waals surface area contributed by atoms with E-state index in [-0.39, 0.29) is 23.3 Å². The molecule has 0 aliphatic carbocycles. The van der Waals surface area contributed by atoms with E-state index >= 15 is 0 Å². The first-order valence-corrected chi connectivity index (χ1v) is 12.8. The fourth-order valence-corrected chi connectivity index (χ4v) is 5.03. The van der Waals surface area contributed by atoms with Crippen LogP contribution in [0.15, 0.2) is 47.4 Å². The number of nitrogens with one attached hydrogen (secondary N) is 1. The number of hydrogen-bond acceptors (Lipinski definition) is 5. The maximum Gasteiger partial charge on any atom is 0.224 e. The average Bonchev–Trinajstić information content (AvgIpc) is 3.21. The number of carbonyl (C=O) groups excluding carboxylic acids is 1. The number of likely N-dealkylation sites (tertiary alicyclic amines) is 1. The van der Waals surface area contributed by atoms with Gasteiger partial charge in [-0.3, -0.25) is 9.69 Å². The van der Waals surface area contributed by atoms with Gasteiger partial charge in [0.05, 0.1) is 17.9 Å². The molecule has 2 heterocycles. The van der Waals surface area contributed by atoms with E-state index in [1.165, 1.54) is 17.4 Å². The van der Waals surface area contributed by atoms with Gasteiger partial charge in [0.15, 0.2) is 9.84 Å². The third kappa shape index (κ3) is 5.28. The van der Waals surface area contributed by atoms with Crippen LogP contribution in [-0.2, 0) is 27.5 Å². The van der Waals surface area contributed by atoms with Gasteiger partial charge in [-0.15, -0.1) is 0 Å². The summed E-state index contributed by atoms with van der Waals surface area (Å²) in [4.78, 5) is 15.2. The molecule has 166 valence electrons. The first-order valence-electron chi connectivity index (χ1n) is 10.9. The van der Waals surface area contributed by atoms with E-state index in [2.05, 4.69) is 35.3 Å². The van der Waals surface area contributed by atoms with Gasteiger partial charge in [0, 0.05) is 37.8 Å². The Bertz CT molecular complexity index is 1040. The Kier molecular flexibility index (Phi) is 6.34. The molecule has 1 amide bonds. The van der Waals surface area contributed by atoms with E-state index in [0.29, 0.717) is 6.04 Å². The first-order chi connectivity index (χ1) is 14.8. The van der Waals surface area contributed by atoms with E-state index in [9.17, 15) is 13.2 Å². The highest BCUT2D eigenvalue weighted by molar-refractivity contribution is 7.90. The van der Waals surface area contributed by atoms with Gasteiger partial charge >= 0.3 is 0 Å². The number of hydrogen-bond donors (Lipinski definition) is 1. The molecule has 1 unspecified atom stereocenters. The molecule has 0 saturated carbocycles. The third-order valence-corrected chi connectivity index (χ3v) is 7.49. The zero-order chi connectivity index (χ0) is 22.0. The van der Waals surface area contributed by atoms with Crippen LogP contribution in [0.5, 0.6) is 5.75 Å². The molecule has 0 spiro atoms. The summed E-state index contributed by atoms with van der Waals surface area (Å²) in [5, 5.41) is 3.14. The molecule has 2 aromatic carbocycles. The Morgan fingerprint density at radius 1 is 1.16 bits per heavy atom. The first kappa shape index (κ1) is 21.8. The van der Waals surface area contributed by atoms with Crippen molar-refractivity contribution < 1.29 is 17.9 Å². The van der Waals surface area contributed by atoms with E-state index in [1.807, 2.05) is 0 Å². The van der Waals surface area contributed by atoms with Crippen LogP contribution in [0.2, 0.25) is 0 Å². The van der Waals surface area contributed by atoms with Crippen molar-refractivity contribution in [1.82, 2.24) is 10.2 Å². The molecule has 4 rings (SSSR count). The quantitative estimate of drug-likeness (QED) is 0.745. The number of ether oxygens (including phenoxy) is 1. The fraction of sp³-hybridized carbons (Fsp3) is 0.458. The van der Waals surface area contributed by atoms with Crippen LogP contribution in [-0.4, -0.2) is 51.2 Å². The molecule has 1 atom stereocenters. The Hall–Kier alpha value is -2.38. The van der Waals surface area contributed by atoms with Gasteiger partial charge in [0.25, 0.3) is 0 Å². The van der Waals surface area contributed by atoms with Crippen LogP contribution in [0, 0.1) is 0 Å². The van der Waals surface area contributed by atoms with Crippen molar-refractivity contribution in [2.45, 2.75) is 49.6 Å². The molecule has 1 saturated heterocycles. The van der Waals surface area contributed by atoms with Gasteiger partial charge in [0.2, 0.25) is 5.91 Å². The van der Waals surface area contributed by atoms with E-state index < -0.39 is 9.84 Å². The van der Waals surface area contributed by atoms with Crippen molar-refractivity contribution in [3.8, 4) is 5.75 Å². The molecule has 0 bridgehead atoms. The van der Waals surface area contributed by atoms with E-state index in [0.717, 1.165) is 50.3 Å². The van der Waals surface area contributed by atoms with Gasteiger partial charge < -0.3 is 10.1 Å². The molecular formula is C24H30N2O4S. The fourth-order valence-electron chi connectivity index (χ4n) is 4.40. The lowest BCUT2D eigenvalue weighted by molar-refractivity contribution is -0.121. The lowest BCUT2D eigenvalue weighted by Crippen LogP contribution is -2.45. The number of piperidine rings is 1. The van der Waals surface area contributed by atoms with Gasteiger partial charge in [-0.2, -0.15) is 0 Å². The minimum absolute atomic E-state index is 0.0191. The highest BCUT2D eigenvalue weighted by Gasteiger charge is 2.25. The van der Waals surface area contributed by atoms with Crippen LogP contribution in [0.1, 0.15) is 42.5 Å². The van der Waals surface area contributed by atoms with Gasteiger partial charge in [-0.1, -0.05) is 24.3 Å². The molecule has 1 N–H and O–H groups in total. The maximum atomic E-state index is 12.5. The van der Waals surface area contributed by atoms with Crippen molar-refractivity contribution in [3.63, 3.8) is 0 Å². The van der Waals surface area contributed by atoms with E-state index in [1.54, 1.807) is 24.3 Å². The average molecular weight is 443 g/mol. The smallest absolute Gasteiger partial charge is 0.224 e. The van der Waals surface area contributed by atoms with Crippen LogP contribution in [0.25, 0.3) is 0 Å². The van der Waals surface area contributed by atoms with Crippen LogP contribution in [0.4, 0.5) is 0 Å². The minimum atomic E-state index is -3.22. The second-order valence-corrected chi connectivity index (χ2v) is 10.6. The molecule has 7 heteroatoms. The summed E-state index contributed by atoms with van der Waals surface area (Å²) >= 11 is 0. The van der Waals surface area contributed by atoms with Crippen LogP contribution in [0.3, 0.4) is 0 Å². The molecule has 1 fully saturated rings. The molecule has 2 aliphatic heterocycles. The SMILES string of the molecule is CC(c1ccc2c(c1)OCC2)N1CCC(NC(=O)Cc2ccc(S(C)(=O)=O)cc2)CC1. The van der Waals surface area contributed by atoms with Crippen molar-refractivity contribution in [3.05, 3.63) is 59.2 Å². The Labute approximate surface area is 184 Å². The molecule has 2 aromatic rings. The largest absolute Gasteiger partial charge is 0.493 e. The predicted octanol–water partition coefficient (Wildman–Crippen LogP) is 2.91. The van der Waals surface area contributed by atoms with Crippen molar-refractivity contribution in [2.75, 3.05) is 26.0 Å². The maximum absolute atomic E-state index is 12.5. The minimum Gasteiger partial charge on any atom is -0.493 e. The van der Waals surface area contributed by atoms with Gasteiger partial charge in [0.1, 0.15) is 5.75 Å². The number of amides is 1. The Morgan fingerprint density at radius 2 is 1.87 bits per heavy atom. The second-order valence-electron chi connectivity index (χ2n) is 8.61. The second kappa shape index (κ2) is 9.01. The van der Waals surface area contributed by atoms with Gasteiger partial charge in [-0.25, -0.2) is 8.42 Å². The predicted molar refractivity (Wildman–Crippen MR) is 120 cm³/mol. The number of rotatable bonds is 6. The number of carbonyl (C=O) groups is 1. The molecule has 2 aliphatic rings. The number of fused-ring (bicyclic) bond motifs is 1. The number of benzene rings is 2. The van der Waals surface area contributed by atoms with Crippen molar-refractivity contribution in [1.29, 1.82) is 0 Å². The topological polar surface area (TPSA) is 75.7 Å². The summed E-state index contributed by atoms with van der Waals surface area (Å²) < 4.78 is 28.8. The zero-order valence-corrected chi connectivity index (χ0v) is 19.0. The summed E-state index contributed by atoms with van der Waals surface area (Å²) in [6.45, 7) is 4.89. The van der Waals surface area contributed by atoms with Crippen molar-refractivity contribution >= 4 is 15.7 Å². The molecule has 31 heavy (non-hydrogen) atoms. The summed E-state index contributed by atoms with van der Waals surface area (Å²) in [7, 11) is -3.22. The number of sulfone groups is 1. The van der Waals surface area contributed by atoms with Gasteiger partial charge in [-0.05, 0) is 54.7 Å². The Morgan fingerprint density at radius 3 is 2.55 bits per heavy atom. The van der Waals surface area contributed by atoms with Crippen LogP contribution >= 0.6 is 0 Å². The summed E-state index contributed by atoms with van der Waals surface area (Å²) in [5.41, 5.74) is 3.39. The highest BCUT2D eigenvalue weighted by Crippen LogP contribution is 2.31. The van der Waals surface area contributed by atoms with Crippen molar-refractivity contribution in [2.24, 2.45) is 0 Å². The molecule has 0 aromatic heterocycles. The molecular weight excluding hydrogens is 412 g/mol. The van der Waals surface area contributed by atoms with E-state index in [4.69, 9.17) is 4.74 Å². The lowest BCUT2D eigenvalue weighted by Gasteiger charge is -2.36. The summed E-state index contributed by atoms with van der Waals surface area (Å²) in [6.07, 6.45) is 4.28. The highest BCUT2D eigenvalue weighted by atomic mass is 32.2. The Balaban J connectivity index is 1.26. The monoisotopic (exact) mass is 442 g/mol. The summed E-state index contributed by atoms with van der Waals surface area (Å²) in [6, 6.07) is 13.6. The normalized spacial score (nSPS) is 18.3. The lowest BCUT2D eigenvalue weighted by atomic mass is 9.98. The number of nitrogens with zero attached hydrogens (tertiary/aromatic N) is 1. The molecule has 6 nitrogen and oxygen atoms in total.